The van der Waals surface area contributed by atoms with Crippen molar-refractivity contribution in [1.82, 2.24) is 15.2 Å². The van der Waals surface area contributed by atoms with Crippen LogP contribution in [0.4, 0.5) is 0 Å². The molecule has 1 aromatic heterocycles. The number of benzene rings is 1. The normalized spacial score (nSPS) is 14.1. The van der Waals surface area contributed by atoms with Crippen LogP contribution in [0.2, 0.25) is 0 Å². The summed E-state index contributed by atoms with van der Waals surface area (Å²) in [6.45, 7) is 5.31. The quantitative estimate of drug-likeness (QED) is 0.660. The number of amides is 2. The van der Waals surface area contributed by atoms with Crippen molar-refractivity contribution in [3.8, 4) is 11.5 Å². The van der Waals surface area contributed by atoms with Crippen LogP contribution in [0.5, 0.6) is 11.5 Å². The third-order valence-corrected chi connectivity index (χ3v) is 5.51. The number of piperidine rings is 1. The molecule has 1 aromatic carbocycles. The molecule has 1 saturated heterocycles. The van der Waals surface area contributed by atoms with Crippen LogP contribution < -0.4 is 14.8 Å². The summed E-state index contributed by atoms with van der Waals surface area (Å²) in [5, 5.41) is 2.97. The SMILES string of the molecule is C=CCc1cc(C(=O)N2CCC(C(=O)NCc3cccnc3)CC2)cc(OC)c1OC. The Morgan fingerprint density at radius 1 is 1.26 bits per heavy atom. The Morgan fingerprint density at radius 3 is 2.65 bits per heavy atom. The average Bonchev–Trinajstić information content (AvgIpc) is 2.82. The van der Waals surface area contributed by atoms with E-state index in [1.165, 1.54) is 0 Å². The van der Waals surface area contributed by atoms with Gasteiger partial charge in [-0.15, -0.1) is 6.58 Å². The number of ether oxygens (including phenoxy) is 2. The highest BCUT2D eigenvalue weighted by Gasteiger charge is 2.28. The Morgan fingerprint density at radius 2 is 2.03 bits per heavy atom. The molecule has 0 radical (unpaired) electrons. The van der Waals surface area contributed by atoms with E-state index in [0.29, 0.717) is 56.0 Å². The van der Waals surface area contributed by atoms with E-state index in [9.17, 15) is 9.59 Å². The van der Waals surface area contributed by atoms with Gasteiger partial charge in [-0.1, -0.05) is 12.1 Å². The molecule has 0 spiro atoms. The van der Waals surface area contributed by atoms with Crippen molar-refractivity contribution in [1.29, 1.82) is 0 Å². The molecular weight excluding hydrogens is 394 g/mol. The number of likely N-dealkylation sites (tertiary alicyclic amines) is 1. The number of hydrogen-bond acceptors (Lipinski definition) is 5. The Bertz CT molecular complexity index is 922. The Hall–Kier alpha value is -3.35. The van der Waals surface area contributed by atoms with E-state index in [2.05, 4.69) is 16.9 Å². The fraction of sp³-hybridized carbons (Fsp3) is 0.375. The highest BCUT2D eigenvalue weighted by Crippen LogP contribution is 2.34. The van der Waals surface area contributed by atoms with Crippen molar-refractivity contribution in [2.45, 2.75) is 25.8 Å². The molecule has 0 atom stereocenters. The molecule has 3 rings (SSSR count). The number of nitrogens with zero attached hydrogens (tertiary/aromatic N) is 2. The van der Waals surface area contributed by atoms with E-state index < -0.39 is 0 Å². The second-order valence-electron chi connectivity index (χ2n) is 7.51. The maximum absolute atomic E-state index is 13.1. The number of allylic oxidation sites excluding steroid dienone is 1. The van der Waals surface area contributed by atoms with Gasteiger partial charge in [0.25, 0.3) is 5.91 Å². The summed E-state index contributed by atoms with van der Waals surface area (Å²) in [7, 11) is 3.13. The first-order chi connectivity index (χ1) is 15.1. The average molecular weight is 424 g/mol. The van der Waals surface area contributed by atoms with Crippen LogP contribution in [-0.2, 0) is 17.8 Å². The second-order valence-corrected chi connectivity index (χ2v) is 7.51. The van der Waals surface area contributed by atoms with E-state index in [1.807, 2.05) is 18.2 Å². The van der Waals surface area contributed by atoms with Crippen LogP contribution in [0.1, 0.15) is 34.3 Å². The van der Waals surface area contributed by atoms with Gasteiger partial charge in [0.15, 0.2) is 11.5 Å². The number of aromatic nitrogens is 1. The largest absolute Gasteiger partial charge is 0.493 e. The minimum Gasteiger partial charge on any atom is -0.493 e. The Labute approximate surface area is 183 Å². The molecular formula is C24H29N3O4. The summed E-state index contributed by atoms with van der Waals surface area (Å²) in [4.78, 5) is 31.5. The minimum absolute atomic E-state index is 0.0235. The van der Waals surface area contributed by atoms with Gasteiger partial charge in [-0.25, -0.2) is 0 Å². The first-order valence-electron chi connectivity index (χ1n) is 10.4. The smallest absolute Gasteiger partial charge is 0.254 e. The number of hydrogen-bond donors (Lipinski definition) is 1. The zero-order chi connectivity index (χ0) is 22.2. The van der Waals surface area contributed by atoms with Crippen molar-refractivity contribution in [3.63, 3.8) is 0 Å². The number of nitrogens with one attached hydrogen (secondary N) is 1. The molecule has 1 N–H and O–H groups in total. The van der Waals surface area contributed by atoms with Gasteiger partial charge in [-0.2, -0.15) is 0 Å². The van der Waals surface area contributed by atoms with Gasteiger partial charge >= 0.3 is 0 Å². The fourth-order valence-corrected chi connectivity index (χ4v) is 3.84. The molecule has 1 aliphatic rings. The molecule has 0 aliphatic carbocycles. The second kappa shape index (κ2) is 10.6. The van der Waals surface area contributed by atoms with E-state index in [1.54, 1.807) is 43.7 Å². The maximum Gasteiger partial charge on any atom is 0.254 e. The molecule has 0 bridgehead atoms. The lowest BCUT2D eigenvalue weighted by Gasteiger charge is -2.31. The topological polar surface area (TPSA) is 80.8 Å². The summed E-state index contributed by atoms with van der Waals surface area (Å²) in [5.41, 5.74) is 2.37. The monoisotopic (exact) mass is 423 g/mol. The van der Waals surface area contributed by atoms with Crippen LogP contribution in [0.25, 0.3) is 0 Å². The van der Waals surface area contributed by atoms with Crippen molar-refractivity contribution in [2.75, 3.05) is 27.3 Å². The van der Waals surface area contributed by atoms with Crippen LogP contribution in [-0.4, -0.2) is 49.0 Å². The molecule has 2 amide bonds. The lowest BCUT2D eigenvalue weighted by Crippen LogP contribution is -2.43. The van der Waals surface area contributed by atoms with Crippen molar-refractivity contribution in [3.05, 3.63) is 66.0 Å². The molecule has 2 aromatic rings. The number of pyridine rings is 1. The maximum atomic E-state index is 13.1. The summed E-state index contributed by atoms with van der Waals surface area (Å²) < 4.78 is 10.9. The molecule has 7 nitrogen and oxygen atoms in total. The van der Waals surface area contributed by atoms with Gasteiger partial charge in [0.1, 0.15) is 0 Å². The molecule has 1 fully saturated rings. The number of carbonyl (C=O) groups is 2. The summed E-state index contributed by atoms with van der Waals surface area (Å²) >= 11 is 0. The van der Waals surface area contributed by atoms with Gasteiger partial charge in [0.05, 0.1) is 14.2 Å². The summed E-state index contributed by atoms with van der Waals surface area (Å²) in [6.07, 6.45) is 7.05. The van der Waals surface area contributed by atoms with Crippen LogP contribution in [0, 0.1) is 5.92 Å². The minimum atomic E-state index is -0.0950. The zero-order valence-electron chi connectivity index (χ0n) is 18.1. The summed E-state index contributed by atoms with van der Waals surface area (Å²) in [6, 6.07) is 7.32. The van der Waals surface area contributed by atoms with Gasteiger partial charge in [0, 0.05) is 49.1 Å². The molecule has 1 aliphatic heterocycles. The summed E-state index contributed by atoms with van der Waals surface area (Å²) in [5.74, 6) is 0.996. The third-order valence-electron chi connectivity index (χ3n) is 5.51. The Balaban J connectivity index is 1.61. The van der Waals surface area contributed by atoms with Crippen molar-refractivity contribution in [2.24, 2.45) is 5.92 Å². The van der Waals surface area contributed by atoms with E-state index >= 15 is 0 Å². The highest BCUT2D eigenvalue weighted by molar-refractivity contribution is 5.95. The number of carbonyl (C=O) groups excluding carboxylic acids is 2. The van der Waals surface area contributed by atoms with Gasteiger partial charge in [-0.05, 0) is 43.0 Å². The first kappa shape index (κ1) is 22.3. The van der Waals surface area contributed by atoms with E-state index in [-0.39, 0.29) is 17.7 Å². The standard InChI is InChI=1S/C24H29N3O4/c1-4-6-19-13-20(14-21(30-2)22(19)31-3)24(29)27-11-8-18(9-12-27)23(28)26-16-17-7-5-10-25-15-17/h4-5,7,10,13-15,18H,1,6,8-9,11-12,16H2,2-3H3,(H,26,28). The molecule has 0 unspecified atom stereocenters. The predicted octanol–water partition coefficient (Wildman–Crippen LogP) is 3.00. The van der Waals surface area contributed by atoms with E-state index in [4.69, 9.17) is 9.47 Å². The lowest BCUT2D eigenvalue weighted by atomic mass is 9.95. The lowest BCUT2D eigenvalue weighted by molar-refractivity contribution is -0.126. The molecule has 2 heterocycles. The molecule has 0 saturated carbocycles. The van der Waals surface area contributed by atoms with Crippen molar-refractivity contribution >= 4 is 11.8 Å². The van der Waals surface area contributed by atoms with Gasteiger partial charge in [-0.3, -0.25) is 14.6 Å². The van der Waals surface area contributed by atoms with E-state index in [0.717, 1.165) is 11.1 Å². The van der Waals surface area contributed by atoms with Crippen molar-refractivity contribution < 1.29 is 19.1 Å². The highest BCUT2D eigenvalue weighted by atomic mass is 16.5. The molecule has 7 heteroatoms. The van der Waals surface area contributed by atoms with Crippen LogP contribution in [0.15, 0.2) is 49.3 Å². The number of rotatable bonds is 8. The fourth-order valence-electron chi connectivity index (χ4n) is 3.84. The third kappa shape index (κ3) is 5.42. The van der Waals surface area contributed by atoms with Gasteiger partial charge < -0.3 is 19.7 Å². The first-order valence-corrected chi connectivity index (χ1v) is 10.4. The predicted molar refractivity (Wildman–Crippen MR) is 118 cm³/mol. The zero-order valence-corrected chi connectivity index (χ0v) is 18.1. The van der Waals surface area contributed by atoms with Crippen LogP contribution >= 0.6 is 0 Å². The molecule has 164 valence electrons. The van der Waals surface area contributed by atoms with Crippen LogP contribution in [0.3, 0.4) is 0 Å². The number of methoxy groups -OCH3 is 2. The Kier molecular flexibility index (Phi) is 7.65. The molecule has 31 heavy (non-hydrogen) atoms. The van der Waals surface area contributed by atoms with Gasteiger partial charge in [0.2, 0.25) is 5.91 Å².